The van der Waals surface area contributed by atoms with Gasteiger partial charge in [0.05, 0.1) is 20.6 Å². The first-order chi connectivity index (χ1) is 14.9. The fourth-order valence-corrected chi connectivity index (χ4v) is 2.82. The number of amides is 2. The Morgan fingerprint density at radius 1 is 0.968 bits per heavy atom. The molecule has 1 aromatic carbocycles. The van der Waals surface area contributed by atoms with Crippen LogP contribution in [-0.4, -0.2) is 50.7 Å². The van der Waals surface area contributed by atoms with Crippen LogP contribution in [-0.2, 0) is 35.2 Å². The van der Waals surface area contributed by atoms with Gasteiger partial charge in [0.25, 0.3) is 0 Å². The molecular weight excluding hydrogens is 404 g/mol. The van der Waals surface area contributed by atoms with Gasteiger partial charge in [-0.25, -0.2) is 9.59 Å². The molecule has 0 radical (unpaired) electrons. The van der Waals surface area contributed by atoms with Crippen molar-refractivity contribution in [2.24, 2.45) is 5.92 Å². The topological polar surface area (TPSA) is 120 Å². The third-order valence-corrected chi connectivity index (χ3v) is 4.62. The van der Waals surface area contributed by atoms with Gasteiger partial charge in [-0.05, 0) is 24.3 Å². The SMILES string of the molecule is COC(=O)C[C@@H](C)[C@@H](NC(=O)CCCCCNC(=O)OCc1ccccc1)C(=O)OC. The van der Waals surface area contributed by atoms with Gasteiger partial charge < -0.3 is 24.8 Å². The van der Waals surface area contributed by atoms with Gasteiger partial charge in [0, 0.05) is 13.0 Å². The Labute approximate surface area is 182 Å². The minimum atomic E-state index is -0.919. The van der Waals surface area contributed by atoms with Crippen molar-refractivity contribution in [3.8, 4) is 0 Å². The lowest BCUT2D eigenvalue weighted by atomic mass is 9.98. The quantitative estimate of drug-likeness (QED) is 0.277. The summed E-state index contributed by atoms with van der Waals surface area (Å²) in [5, 5.41) is 5.30. The zero-order valence-electron chi connectivity index (χ0n) is 18.3. The van der Waals surface area contributed by atoms with E-state index in [1.165, 1.54) is 14.2 Å². The Kier molecular flexibility index (Phi) is 12.4. The number of hydrogen-bond acceptors (Lipinski definition) is 7. The molecule has 0 aliphatic rings. The van der Waals surface area contributed by atoms with Gasteiger partial charge in [0.1, 0.15) is 12.6 Å². The summed E-state index contributed by atoms with van der Waals surface area (Å²) in [6.07, 6.45) is 1.72. The van der Waals surface area contributed by atoms with E-state index in [-0.39, 0.29) is 25.4 Å². The van der Waals surface area contributed by atoms with Crippen LogP contribution < -0.4 is 10.6 Å². The number of alkyl carbamates (subject to hydrolysis) is 1. The molecule has 1 rings (SSSR count). The van der Waals surface area contributed by atoms with E-state index in [4.69, 9.17) is 9.47 Å². The average molecular weight is 437 g/mol. The number of nitrogens with one attached hydrogen (secondary N) is 2. The van der Waals surface area contributed by atoms with Crippen LogP contribution in [0.3, 0.4) is 0 Å². The largest absolute Gasteiger partial charge is 0.469 e. The summed E-state index contributed by atoms with van der Waals surface area (Å²) < 4.78 is 14.4. The Balaban J connectivity index is 2.22. The van der Waals surface area contributed by atoms with Gasteiger partial charge in [-0.3, -0.25) is 9.59 Å². The maximum atomic E-state index is 12.2. The van der Waals surface area contributed by atoms with Crippen molar-refractivity contribution in [1.29, 1.82) is 0 Å². The molecule has 172 valence electrons. The summed E-state index contributed by atoms with van der Waals surface area (Å²) in [7, 11) is 2.49. The summed E-state index contributed by atoms with van der Waals surface area (Å²) in [5.74, 6) is -1.84. The standard InChI is InChI=1S/C22H32N2O7/c1-16(14-19(26)29-2)20(21(27)30-3)24-18(25)12-8-5-9-13-23-22(28)31-15-17-10-6-4-7-11-17/h4,6-7,10-11,16,20H,5,8-9,12-15H2,1-3H3,(H,23,28)(H,24,25)/t16-,20-/m1/s1. The van der Waals surface area contributed by atoms with E-state index >= 15 is 0 Å². The Morgan fingerprint density at radius 3 is 2.32 bits per heavy atom. The maximum absolute atomic E-state index is 12.2. The highest BCUT2D eigenvalue weighted by molar-refractivity contribution is 5.85. The molecule has 0 aliphatic carbocycles. The fourth-order valence-electron chi connectivity index (χ4n) is 2.82. The van der Waals surface area contributed by atoms with Crippen LogP contribution >= 0.6 is 0 Å². The first-order valence-electron chi connectivity index (χ1n) is 10.3. The number of methoxy groups -OCH3 is 2. The number of hydrogen-bond donors (Lipinski definition) is 2. The lowest BCUT2D eigenvalue weighted by molar-refractivity contribution is -0.148. The molecule has 0 fully saturated rings. The Bertz CT molecular complexity index is 709. The molecule has 0 saturated carbocycles. The summed E-state index contributed by atoms with van der Waals surface area (Å²) in [6.45, 7) is 2.32. The monoisotopic (exact) mass is 436 g/mol. The van der Waals surface area contributed by atoms with E-state index < -0.39 is 30.0 Å². The fraction of sp³-hybridized carbons (Fsp3) is 0.545. The van der Waals surface area contributed by atoms with Crippen molar-refractivity contribution in [1.82, 2.24) is 10.6 Å². The third kappa shape index (κ3) is 11.0. The van der Waals surface area contributed by atoms with Crippen LogP contribution in [0.2, 0.25) is 0 Å². The molecule has 2 atom stereocenters. The highest BCUT2D eigenvalue weighted by Gasteiger charge is 2.29. The van der Waals surface area contributed by atoms with Gasteiger partial charge >= 0.3 is 18.0 Å². The molecule has 2 amide bonds. The van der Waals surface area contributed by atoms with Crippen LogP contribution in [0.4, 0.5) is 4.79 Å². The molecule has 0 unspecified atom stereocenters. The molecule has 0 bridgehead atoms. The van der Waals surface area contributed by atoms with Crippen LogP contribution in [0.25, 0.3) is 0 Å². The lowest BCUT2D eigenvalue weighted by Crippen LogP contribution is -2.46. The molecule has 9 nitrogen and oxygen atoms in total. The third-order valence-electron chi connectivity index (χ3n) is 4.62. The van der Waals surface area contributed by atoms with Gasteiger partial charge in [-0.15, -0.1) is 0 Å². The van der Waals surface area contributed by atoms with Crippen molar-refractivity contribution in [2.45, 2.75) is 51.7 Å². The highest BCUT2D eigenvalue weighted by Crippen LogP contribution is 2.12. The van der Waals surface area contributed by atoms with Crippen LogP contribution in [0, 0.1) is 5.92 Å². The van der Waals surface area contributed by atoms with Crippen molar-refractivity contribution in [2.75, 3.05) is 20.8 Å². The Hall–Kier alpha value is -3.10. The number of unbranched alkanes of at least 4 members (excludes halogenated alkanes) is 2. The van der Waals surface area contributed by atoms with Crippen molar-refractivity contribution in [3.63, 3.8) is 0 Å². The molecule has 0 heterocycles. The molecular formula is C22H32N2O7. The molecule has 0 spiro atoms. The number of benzene rings is 1. The number of carbonyl (C=O) groups is 4. The predicted molar refractivity (Wildman–Crippen MR) is 113 cm³/mol. The second-order valence-corrected chi connectivity index (χ2v) is 7.13. The van der Waals surface area contributed by atoms with Gasteiger partial charge in [0.2, 0.25) is 5.91 Å². The van der Waals surface area contributed by atoms with E-state index in [1.54, 1.807) is 6.92 Å². The van der Waals surface area contributed by atoms with E-state index in [0.29, 0.717) is 25.8 Å². The van der Waals surface area contributed by atoms with Gasteiger partial charge in [-0.2, -0.15) is 0 Å². The number of carbonyl (C=O) groups excluding carboxylic acids is 4. The predicted octanol–water partition coefficient (Wildman–Crippen LogP) is 2.33. The summed E-state index contributed by atoms with van der Waals surface area (Å²) in [4.78, 5) is 47.2. The summed E-state index contributed by atoms with van der Waals surface area (Å²) in [5.41, 5.74) is 0.912. The number of esters is 2. The summed E-state index contributed by atoms with van der Waals surface area (Å²) in [6, 6.07) is 8.47. The molecule has 2 N–H and O–H groups in total. The second kappa shape index (κ2) is 14.8. The van der Waals surface area contributed by atoms with Crippen LogP contribution in [0.5, 0.6) is 0 Å². The highest BCUT2D eigenvalue weighted by atomic mass is 16.5. The normalized spacial score (nSPS) is 12.2. The Morgan fingerprint density at radius 2 is 1.68 bits per heavy atom. The van der Waals surface area contributed by atoms with Gasteiger partial charge in [-0.1, -0.05) is 43.7 Å². The zero-order chi connectivity index (χ0) is 23.1. The van der Waals surface area contributed by atoms with E-state index in [9.17, 15) is 19.2 Å². The minimum Gasteiger partial charge on any atom is -0.469 e. The molecule has 31 heavy (non-hydrogen) atoms. The van der Waals surface area contributed by atoms with Gasteiger partial charge in [0.15, 0.2) is 0 Å². The second-order valence-electron chi connectivity index (χ2n) is 7.13. The molecule has 0 saturated heterocycles. The zero-order valence-corrected chi connectivity index (χ0v) is 18.3. The molecule has 0 aliphatic heterocycles. The molecule has 0 aromatic heterocycles. The number of rotatable bonds is 13. The molecule has 1 aromatic rings. The number of ether oxygens (including phenoxy) is 3. The van der Waals surface area contributed by atoms with E-state index in [2.05, 4.69) is 15.4 Å². The summed E-state index contributed by atoms with van der Waals surface area (Å²) >= 11 is 0. The van der Waals surface area contributed by atoms with Crippen molar-refractivity contribution in [3.05, 3.63) is 35.9 Å². The molecule has 9 heteroatoms. The average Bonchev–Trinajstić information content (AvgIpc) is 2.78. The van der Waals surface area contributed by atoms with E-state index in [0.717, 1.165) is 5.56 Å². The first kappa shape index (κ1) is 25.9. The lowest BCUT2D eigenvalue weighted by Gasteiger charge is -2.22. The van der Waals surface area contributed by atoms with Crippen molar-refractivity contribution >= 4 is 23.9 Å². The van der Waals surface area contributed by atoms with Crippen LogP contribution in [0.1, 0.15) is 44.6 Å². The maximum Gasteiger partial charge on any atom is 0.407 e. The van der Waals surface area contributed by atoms with Crippen molar-refractivity contribution < 1.29 is 33.4 Å². The first-order valence-corrected chi connectivity index (χ1v) is 10.3. The van der Waals surface area contributed by atoms with Crippen LogP contribution in [0.15, 0.2) is 30.3 Å². The van der Waals surface area contributed by atoms with E-state index in [1.807, 2.05) is 30.3 Å². The minimum absolute atomic E-state index is 0.0113. The smallest absolute Gasteiger partial charge is 0.407 e.